The van der Waals surface area contributed by atoms with Gasteiger partial charge in [-0.25, -0.2) is 0 Å². The van der Waals surface area contributed by atoms with Crippen LogP contribution >= 0.6 is 18.5 Å². The fraction of sp³-hybridized carbons (Fsp3) is 1.00. The first kappa shape index (κ1) is 16.8. The van der Waals surface area contributed by atoms with Crippen LogP contribution in [0.25, 0.3) is 0 Å². The quantitative estimate of drug-likeness (QED) is 0.565. The Labute approximate surface area is 120 Å². The van der Waals surface area contributed by atoms with E-state index in [9.17, 15) is 0 Å². The number of nitrogens with zero attached hydrogens (tertiary/aromatic N) is 1. The zero-order chi connectivity index (χ0) is 13.4. The van der Waals surface area contributed by atoms with Crippen LogP contribution in [0.15, 0.2) is 0 Å². The van der Waals surface area contributed by atoms with Gasteiger partial charge in [0.25, 0.3) is 0 Å². The van der Waals surface area contributed by atoms with Crippen LogP contribution in [-0.4, -0.2) is 41.6 Å². The van der Waals surface area contributed by atoms with Crippen LogP contribution in [0, 0.1) is 0 Å². The van der Waals surface area contributed by atoms with Gasteiger partial charge in [-0.2, -0.15) is 0 Å². The molecule has 0 aromatic heterocycles. The van der Waals surface area contributed by atoms with E-state index in [0.717, 1.165) is 0 Å². The molecule has 1 saturated heterocycles. The molecule has 1 nitrogen and oxygen atoms in total. The third-order valence-electron chi connectivity index (χ3n) is 4.07. The van der Waals surface area contributed by atoms with Gasteiger partial charge >= 0.3 is 0 Å². The Balaban J connectivity index is 2.28. The molecule has 1 fully saturated rings. The minimum Gasteiger partial charge on any atom is -0.303 e. The summed E-state index contributed by atoms with van der Waals surface area (Å²) in [5.41, 5.74) is 0. The van der Waals surface area contributed by atoms with E-state index < -0.39 is 0 Å². The number of rotatable bonds is 8. The van der Waals surface area contributed by atoms with E-state index in [1.165, 1.54) is 63.7 Å². The molecule has 0 amide bonds. The fourth-order valence-electron chi connectivity index (χ4n) is 2.38. The van der Waals surface area contributed by atoms with Gasteiger partial charge in [0.2, 0.25) is 0 Å². The van der Waals surface area contributed by atoms with Gasteiger partial charge < -0.3 is 4.90 Å². The second kappa shape index (κ2) is 8.82. The van der Waals surface area contributed by atoms with Crippen LogP contribution in [0.5, 0.6) is 0 Å². The summed E-state index contributed by atoms with van der Waals surface area (Å²) in [6.07, 6.45) is 8.43. The molecule has 3 heteroatoms. The first-order chi connectivity index (χ1) is 8.60. The molecule has 0 saturated carbocycles. The molecule has 1 rings (SSSR count). The normalized spacial score (nSPS) is 20.0. The number of hydrogen-bond acceptors (Lipinski definition) is 2. The molecule has 1 aliphatic rings. The lowest BCUT2D eigenvalue weighted by molar-refractivity contribution is 0.242. The van der Waals surface area contributed by atoms with Crippen molar-refractivity contribution in [1.82, 2.24) is 4.90 Å². The van der Waals surface area contributed by atoms with Crippen LogP contribution in [-0.2, 0) is 0 Å². The SMILES string of the molecule is CCCP(SCCN1CCCCC1)C(C)(C)CC. The maximum atomic E-state index is 2.68. The monoisotopic (exact) mass is 289 g/mol. The third kappa shape index (κ3) is 5.80. The van der Waals surface area contributed by atoms with Gasteiger partial charge in [0.15, 0.2) is 0 Å². The van der Waals surface area contributed by atoms with Crippen molar-refractivity contribution in [3.8, 4) is 0 Å². The molecule has 0 bridgehead atoms. The number of piperidine rings is 1. The summed E-state index contributed by atoms with van der Waals surface area (Å²) in [5, 5.41) is 0.567. The highest BCUT2D eigenvalue weighted by molar-refractivity contribution is 8.56. The van der Waals surface area contributed by atoms with Crippen molar-refractivity contribution < 1.29 is 0 Å². The van der Waals surface area contributed by atoms with Crippen molar-refractivity contribution in [2.45, 2.75) is 65.0 Å². The molecular weight excluding hydrogens is 257 g/mol. The van der Waals surface area contributed by atoms with Crippen molar-refractivity contribution in [2.75, 3.05) is 31.5 Å². The lowest BCUT2D eigenvalue weighted by atomic mass is 10.1. The van der Waals surface area contributed by atoms with E-state index in [-0.39, 0.29) is 7.12 Å². The van der Waals surface area contributed by atoms with E-state index >= 15 is 0 Å². The van der Waals surface area contributed by atoms with Crippen molar-refractivity contribution in [3.05, 3.63) is 0 Å². The first-order valence-corrected chi connectivity index (χ1v) is 10.8. The van der Waals surface area contributed by atoms with Crippen LogP contribution in [0.4, 0.5) is 0 Å². The maximum absolute atomic E-state index is 2.68. The van der Waals surface area contributed by atoms with E-state index in [1.807, 2.05) is 0 Å². The minimum absolute atomic E-state index is 0.159. The molecule has 0 aromatic carbocycles. The second-order valence-corrected chi connectivity index (χ2v) is 11.2. The predicted molar refractivity (Wildman–Crippen MR) is 89.2 cm³/mol. The van der Waals surface area contributed by atoms with Gasteiger partial charge in [0, 0.05) is 12.3 Å². The second-order valence-electron chi connectivity index (χ2n) is 6.00. The first-order valence-electron chi connectivity index (χ1n) is 7.73. The average Bonchev–Trinajstić information content (AvgIpc) is 2.39. The number of likely N-dealkylation sites (tertiary alicyclic amines) is 1. The molecule has 0 aromatic rings. The molecule has 0 aliphatic carbocycles. The van der Waals surface area contributed by atoms with Crippen LogP contribution < -0.4 is 0 Å². The summed E-state index contributed by atoms with van der Waals surface area (Å²) in [6.45, 7) is 13.7. The zero-order valence-corrected chi connectivity index (χ0v) is 14.6. The highest BCUT2D eigenvalue weighted by Gasteiger charge is 2.27. The fourth-order valence-corrected chi connectivity index (χ4v) is 8.06. The molecule has 0 N–H and O–H groups in total. The molecule has 0 radical (unpaired) electrons. The maximum Gasteiger partial charge on any atom is 0.0102 e. The standard InChI is InChI=1S/C15H32NPS/c1-5-13-17(15(3,4)6-2)18-14-12-16-10-8-7-9-11-16/h5-14H2,1-4H3. The molecule has 18 heavy (non-hydrogen) atoms. The highest BCUT2D eigenvalue weighted by atomic mass is 32.7. The molecule has 1 unspecified atom stereocenters. The molecule has 1 atom stereocenters. The lowest BCUT2D eigenvalue weighted by Gasteiger charge is -2.34. The van der Waals surface area contributed by atoms with Crippen molar-refractivity contribution in [2.24, 2.45) is 0 Å². The Hall–Kier alpha value is 0.740. The van der Waals surface area contributed by atoms with Crippen molar-refractivity contribution in [3.63, 3.8) is 0 Å². The Bertz CT molecular complexity index is 215. The van der Waals surface area contributed by atoms with Gasteiger partial charge in [-0.1, -0.05) is 40.5 Å². The van der Waals surface area contributed by atoms with Crippen molar-refractivity contribution in [1.29, 1.82) is 0 Å². The van der Waals surface area contributed by atoms with Crippen LogP contribution in [0.2, 0.25) is 0 Å². The summed E-state index contributed by atoms with van der Waals surface area (Å²) < 4.78 is 0. The summed E-state index contributed by atoms with van der Waals surface area (Å²) >= 11 is 2.29. The van der Waals surface area contributed by atoms with Gasteiger partial charge in [-0.15, -0.1) is 11.4 Å². The van der Waals surface area contributed by atoms with E-state index in [0.29, 0.717) is 5.16 Å². The van der Waals surface area contributed by atoms with Crippen molar-refractivity contribution >= 4 is 18.5 Å². The molecule has 108 valence electrons. The number of hydrogen-bond donors (Lipinski definition) is 0. The largest absolute Gasteiger partial charge is 0.303 e. The molecular formula is C15H32NPS. The Kier molecular flexibility index (Phi) is 8.23. The molecule has 1 heterocycles. The van der Waals surface area contributed by atoms with Gasteiger partial charge in [0.1, 0.15) is 0 Å². The Morgan fingerprint density at radius 1 is 1.11 bits per heavy atom. The topological polar surface area (TPSA) is 3.24 Å². The summed E-state index contributed by atoms with van der Waals surface area (Å²) in [4.78, 5) is 2.68. The van der Waals surface area contributed by atoms with Gasteiger partial charge in [0.05, 0.1) is 0 Å². The predicted octanol–water partition coefficient (Wildman–Crippen LogP) is 5.20. The van der Waals surface area contributed by atoms with Gasteiger partial charge in [-0.3, -0.25) is 0 Å². The summed E-state index contributed by atoms with van der Waals surface area (Å²) in [7, 11) is 0.159. The van der Waals surface area contributed by atoms with E-state index in [1.54, 1.807) is 0 Å². The Morgan fingerprint density at radius 2 is 1.78 bits per heavy atom. The lowest BCUT2D eigenvalue weighted by Crippen LogP contribution is -2.31. The van der Waals surface area contributed by atoms with Gasteiger partial charge in [-0.05, 0) is 50.8 Å². The molecule has 0 spiro atoms. The smallest absolute Gasteiger partial charge is 0.0102 e. The van der Waals surface area contributed by atoms with E-state index in [2.05, 4.69) is 44.0 Å². The summed E-state index contributed by atoms with van der Waals surface area (Å²) in [6, 6.07) is 0. The third-order valence-corrected chi connectivity index (χ3v) is 10.8. The Morgan fingerprint density at radius 3 is 2.33 bits per heavy atom. The minimum atomic E-state index is 0.159. The highest BCUT2D eigenvalue weighted by Crippen LogP contribution is 2.61. The molecule has 1 aliphatic heterocycles. The zero-order valence-electron chi connectivity index (χ0n) is 12.9. The van der Waals surface area contributed by atoms with Crippen LogP contribution in [0.3, 0.4) is 0 Å². The van der Waals surface area contributed by atoms with Crippen LogP contribution in [0.1, 0.15) is 59.8 Å². The van der Waals surface area contributed by atoms with E-state index in [4.69, 9.17) is 0 Å². The summed E-state index contributed by atoms with van der Waals surface area (Å²) in [5.74, 6) is 1.36. The average molecular weight is 289 g/mol.